The van der Waals surface area contributed by atoms with Gasteiger partial charge in [0.2, 0.25) is 0 Å². The largest absolute Gasteiger partial charge is 0.493 e. The normalized spacial score (nSPS) is 12.4. The summed E-state index contributed by atoms with van der Waals surface area (Å²) >= 11 is 0. The van der Waals surface area contributed by atoms with Crippen molar-refractivity contribution in [1.82, 2.24) is 5.32 Å². The topological polar surface area (TPSA) is 30.5 Å². The zero-order valence-electron chi connectivity index (χ0n) is 8.55. The van der Waals surface area contributed by atoms with E-state index in [4.69, 9.17) is 9.47 Å². The fourth-order valence-corrected chi connectivity index (χ4v) is 1.61. The van der Waals surface area contributed by atoms with E-state index in [1.54, 1.807) is 14.2 Å². The van der Waals surface area contributed by atoms with Gasteiger partial charge >= 0.3 is 0 Å². The summed E-state index contributed by atoms with van der Waals surface area (Å²) < 4.78 is 10.4. The van der Waals surface area contributed by atoms with Crippen LogP contribution < -0.4 is 14.8 Å². The number of hydrogen-bond donors (Lipinski definition) is 1. The maximum Gasteiger partial charge on any atom is 0.161 e. The van der Waals surface area contributed by atoms with Gasteiger partial charge in [-0.05, 0) is 23.8 Å². The maximum absolute atomic E-state index is 5.22. The first-order valence-electron chi connectivity index (χ1n) is 4.46. The summed E-state index contributed by atoms with van der Waals surface area (Å²) in [5.41, 5.74) is 3.51. The van der Waals surface area contributed by atoms with Crippen LogP contribution in [-0.4, -0.2) is 21.3 Å². The predicted molar refractivity (Wildman–Crippen MR) is 56.5 cm³/mol. The van der Waals surface area contributed by atoms with Crippen molar-refractivity contribution in [2.24, 2.45) is 0 Å². The molecule has 3 nitrogen and oxygen atoms in total. The SMILES string of the molecule is CNC1=Cc2cc(OC)c(OC)cc21. The van der Waals surface area contributed by atoms with Crippen LogP contribution in [0.25, 0.3) is 11.8 Å². The summed E-state index contributed by atoms with van der Waals surface area (Å²) in [6, 6.07) is 3.97. The van der Waals surface area contributed by atoms with E-state index in [1.165, 1.54) is 11.1 Å². The molecule has 0 aliphatic heterocycles. The number of rotatable bonds is 3. The minimum absolute atomic E-state index is 0.770. The Balaban J connectivity index is 2.43. The Hall–Kier alpha value is -1.64. The van der Waals surface area contributed by atoms with Gasteiger partial charge in [-0.1, -0.05) is 0 Å². The number of methoxy groups -OCH3 is 2. The lowest BCUT2D eigenvalue weighted by molar-refractivity contribution is 0.354. The van der Waals surface area contributed by atoms with E-state index in [-0.39, 0.29) is 0 Å². The molecule has 1 aromatic carbocycles. The quantitative estimate of drug-likeness (QED) is 0.789. The van der Waals surface area contributed by atoms with Gasteiger partial charge in [0, 0.05) is 18.3 Å². The van der Waals surface area contributed by atoms with Crippen molar-refractivity contribution in [3.05, 3.63) is 23.3 Å². The van der Waals surface area contributed by atoms with Crippen LogP contribution in [0.2, 0.25) is 0 Å². The monoisotopic (exact) mass is 191 g/mol. The summed E-state index contributed by atoms with van der Waals surface area (Å²) in [5.74, 6) is 1.55. The summed E-state index contributed by atoms with van der Waals surface area (Å²) in [6.45, 7) is 0. The zero-order chi connectivity index (χ0) is 10.1. The third-order valence-corrected chi connectivity index (χ3v) is 2.42. The first-order chi connectivity index (χ1) is 6.80. The van der Waals surface area contributed by atoms with Crippen LogP contribution in [0.15, 0.2) is 12.1 Å². The Labute approximate surface area is 83.3 Å². The smallest absolute Gasteiger partial charge is 0.161 e. The molecule has 74 valence electrons. The zero-order valence-corrected chi connectivity index (χ0v) is 8.55. The van der Waals surface area contributed by atoms with E-state index in [0.717, 1.165) is 17.2 Å². The Bertz CT molecular complexity index is 397. The van der Waals surface area contributed by atoms with Crippen molar-refractivity contribution in [1.29, 1.82) is 0 Å². The van der Waals surface area contributed by atoms with Crippen LogP contribution in [0.1, 0.15) is 11.1 Å². The predicted octanol–water partition coefficient (Wildman–Crippen LogP) is 1.73. The summed E-state index contributed by atoms with van der Waals surface area (Å²) in [7, 11) is 5.20. The average molecular weight is 191 g/mol. The van der Waals surface area contributed by atoms with Crippen molar-refractivity contribution < 1.29 is 9.47 Å². The van der Waals surface area contributed by atoms with Gasteiger partial charge in [0.05, 0.1) is 14.2 Å². The van der Waals surface area contributed by atoms with Crippen molar-refractivity contribution in [2.45, 2.75) is 0 Å². The Kier molecular flexibility index (Phi) is 2.08. The van der Waals surface area contributed by atoms with Crippen molar-refractivity contribution in [3.8, 4) is 11.5 Å². The van der Waals surface area contributed by atoms with Gasteiger partial charge in [-0.25, -0.2) is 0 Å². The van der Waals surface area contributed by atoms with Crippen LogP contribution in [-0.2, 0) is 0 Å². The fourth-order valence-electron chi connectivity index (χ4n) is 1.61. The first-order valence-corrected chi connectivity index (χ1v) is 4.46. The van der Waals surface area contributed by atoms with E-state index in [9.17, 15) is 0 Å². The average Bonchev–Trinajstić information content (AvgIpc) is 2.20. The van der Waals surface area contributed by atoms with Crippen LogP contribution >= 0.6 is 0 Å². The highest BCUT2D eigenvalue weighted by Crippen LogP contribution is 2.39. The summed E-state index contributed by atoms with van der Waals surface area (Å²) in [4.78, 5) is 0. The molecule has 3 heteroatoms. The molecule has 1 aromatic rings. The van der Waals surface area contributed by atoms with E-state index in [1.807, 2.05) is 19.2 Å². The molecule has 1 aliphatic carbocycles. The molecule has 1 N–H and O–H groups in total. The lowest BCUT2D eigenvalue weighted by Crippen LogP contribution is -2.12. The molecule has 2 rings (SSSR count). The van der Waals surface area contributed by atoms with Gasteiger partial charge in [0.15, 0.2) is 11.5 Å². The van der Waals surface area contributed by atoms with Gasteiger partial charge in [0.1, 0.15) is 0 Å². The molecule has 1 aliphatic rings. The molecule has 0 saturated carbocycles. The molecular weight excluding hydrogens is 178 g/mol. The first kappa shape index (κ1) is 8.94. The lowest BCUT2D eigenvalue weighted by Gasteiger charge is -2.21. The number of ether oxygens (including phenoxy) is 2. The summed E-state index contributed by atoms with van der Waals surface area (Å²) in [6.07, 6.45) is 2.08. The highest BCUT2D eigenvalue weighted by atomic mass is 16.5. The number of hydrogen-bond acceptors (Lipinski definition) is 3. The van der Waals surface area contributed by atoms with E-state index in [0.29, 0.717) is 0 Å². The second-order valence-electron chi connectivity index (χ2n) is 3.10. The second-order valence-corrected chi connectivity index (χ2v) is 3.10. The highest BCUT2D eigenvalue weighted by Gasteiger charge is 2.18. The van der Waals surface area contributed by atoms with E-state index >= 15 is 0 Å². The van der Waals surface area contributed by atoms with Crippen molar-refractivity contribution in [3.63, 3.8) is 0 Å². The molecule has 0 unspecified atom stereocenters. The van der Waals surface area contributed by atoms with Gasteiger partial charge < -0.3 is 14.8 Å². The molecule has 0 bridgehead atoms. The lowest BCUT2D eigenvalue weighted by atomic mass is 9.93. The molecule has 0 heterocycles. The minimum Gasteiger partial charge on any atom is -0.493 e. The van der Waals surface area contributed by atoms with E-state index in [2.05, 4.69) is 11.4 Å². The Morgan fingerprint density at radius 1 is 1.07 bits per heavy atom. The molecule has 0 aromatic heterocycles. The molecule has 0 fully saturated rings. The molecule has 0 radical (unpaired) electrons. The van der Waals surface area contributed by atoms with Crippen molar-refractivity contribution in [2.75, 3.05) is 21.3 Å². The number of benzene rings is 1. The van der Waals surface area contributed by atoms with Crippen molar-refractivity contribution >= 4 is 11.8 Å². The van der Waals surface area contributed by atoms with Crippen LogP contribution in [0, 0.1) is 0 Å². The third-order valence-electron chi connectivity index (χ3n) is 2.42. The molecule has 0 atom stereocenters. The molecule has 14 heavy (non-hydrogen) atoms. The van der Waals surface area contributed by atoms with Gasteiger partial charge in [-0.3, -0.25) is 0 Å². The number of nitrogens with one attached hydrogen (secondary N) is 1. The molecular formula is C11H13NO2. The van der Waals surface area contributed by atoms with Crippen LogP contribution in [0.5, 0.6) is 11.5 Å². The minimum atomic E-state index is 0.770. The molecule has 0 spiro atoms. The molecule has 0 saturated heterocycles. The Morgan fingerprint density at radius 2 is 1.71 bits per heavy atom. The number of fused-ring (bicyclic) bond motifs is 1. The van der Waals surface area contributed by atoms with Gasteiger partial charge in [-0.15, -0.1) is 0 Å². The fraction of sp³-hybridized carbons (Fsp3) is 0.273. The highest BCUT2D eigenvalue weighted by molar-refractivity contribution is 5.95. The van der Waals surface area contributed by atoms with Gasteiger partial charge in [0.25, 0.3) is 0 Å². The third kappa shape index (κ3) is 1.13. The van der Waals surface area contributed by atoms with Gasteiger partial charge in [-0.2, -0.15) is 0 Å². The van der Waals surface area contributed by atoms with Crippen LogP contribution in [0.4, 0.5) is 0 Å². The standard InChI is InChI=1S/C11H13NO2/c1-12-9-4-7-5-10(13-2)11(14-3)6-8(7)9/h4-6,12H,1-3H3. The van der Waals surface area contributed by atoms with Crippen LogP contribution in [0.3, 0.4) is 0 Å². The summed E-state index contributed by atoms with van der Waals surface area (Å²) in [5, 5.41) is 3.11. The maximum atomic E-state index is 5.22. The van der Waals surface area contributed by atoms with E-state index < -0.39 is 0 Å². The molecule has 0 amide bonds. The Morgan fingerprint density at radius 3 is 2.29 bits per heavy atom. The second kappa shape index (κ2) is 3.25.